The molecule has 2 amide bonds. The maximum Gasteiger partial charge on any atom is 0.225 e. The Morgan fingerprint density at radius 2 is 1.85 bits per heavy atom. The van der Waals surface area contributed by atoms with E-state index in [0.29, 0.717) is 55.9 Å². The third-order valence-electron chi connectivity index (χ3n) is 7.47. The molecule has 2 aliphatic heterocycles. The fourth-order valence-corrected chi connectivity index (χ4v) is 5.48. The molecule has 34 heavy (non-hydrogen) atoms. The van der Waals surface area contributed by atoms with E-state index in [1.54, 1.807) is 12.1 Å². The van der Waals surface area contributed by atoms with Gasteiger partial charge in [0.1, 0.15) is 18.0 Å². The summed E-state index contributed by atoms with van der Waals surface area (Å²) in [5.74, 6) is 1.53. The van der Waals surface area contributed by atoms with Crippen molar-refractivity contribution in [3.63, 3.8) is 0 Å². The minimum absolute atomic E-state index is 0.0584. The largest absolute Gasteiger partial charge is 0.490 e. The zero-order valence-corrected chi connectivity index (χ0v) is 21.1. The lowest BCUT2D eigenvalue weighted by atomic mass is 9.95. The van der Waals surface area contributed by atoms with Crippen molar-refractivity contribution in [2.45, 2.75) is 50.5 Å². The Morgan fingerprint density at radius 3 is 2.59 bits per heavy atom. The summed E-state index contributed by atoms with van der Waals surface area (Å²) in [4.78, 5) is 32.4. The van der Waals surface area contributed by atoms with E-state index < -0.39 is 5.60 Å². The molecule has 0 N–H and O–H groups in total. The van der Waals surface area contributed by atoms with Crippen LogP contribution in [0.25, 0.3) is 0 Å². The number of carbonyl (C=O) groups excluding carboxylic acids is 2. The maximum absolute atomic E-state index is 13.3. The molecule has 3 fully saturated rings. The van der Waals surface area contributed by atoms with E-state index >= 15 is 0 Å². The van der Waals surface area contributed by atoms with E-state index in [2.05, 4.69) is 11.9 Å². The topological polar surface area (TPSA) is 62.3 Å². The van der Waals surface area contributed by atoms with Gasteiger partial charge in [-0.3, -0.25) is 9.59 Å². The van der Waals surface area contributed by atoms with Crippen LogP contribution in [-0.4, -0.2) is 91.6 Å². The number of morpholine rings is 1. The predicted octanol–water partition coefficient (Wildman–Crippen LogP) is 3.45. The summed E-state index contributed by atoms with van der Waals surface area (Å²) < 4.78 is 12.3. The Labute approximate surface area is 208 Å². The number of rotatable bonds is 8. The van der Waals surface area contributed by atoms with E-state index in [-0.39, 0.29) is 24.8 Å². The van der Waals surface area contributed by atoms with Crippen LogP contribution in [0.1, 0.15) is 44.9 Å². The van der Waals surface area contributed by atoms with Crippen molar-refractivity contribution in [3.8, 4) is 5.75 Å². The zero-order chi connectivity index (χ0) is 24.0. The molecule has 1 unspecified atom stereocenters. The van der Waals surface area contributed by atoms with Gasteiger partial charge in [-0.05, 0) is 37.6 Å². The van der Waals surface area contributed by atoms with Crippen LogP contribution in [0.15, 0.2) is 24.3 Å². The summed E-state index contributed by atoms with van der Waals surface area (Å²) in [5, 5.41) is 0.591. The average Bonchev–Trinajstić information content (AvgIpc) is 3.36. The number of nitrogens with zero attached hydrogens (tertiary/aromatic N) is 3. The van der Waals surface area contributed by atoms with Gasteiger partial charge in [0, 0.05) is 44.2 Å². The van der Waals surface area contributed by atoms with Gasteiger partial charge in [-0.1, -0.05) is 43.4 Å². The van der Waals surface area contributed by atoms with Gasteiger partial charge >= 0.3 is 0 Å². The molecule has 1 aliphatic carbocycles. The first-order valence-corrected chi connectivity index (χ1v) is 13.1. The van der Waals surface area contributed by atoms with Crippen molar-refractivity contribution >= 4 is 23.4 Å². The van der Waals surface area contributed by atoms with Gasteiger partial charge in [0.2, 0.25) is 11.8 Å². The molecule has 1 aromatic carbocycles. The quantitative estimate of drug-likeness (QED) is 0.557. The number of hydrogen-bond donors (Lipinski definition) is 0. The van der Waals surface area contributed by atoms with Crippen molar-refractivity contribution in [2.24, 2.45) is 5.92 Å². The zero-order valence-electron chi connectivity index (χ0n) is 20.3. The fraction of sp³-hybridized carbons (Fsp3) is 0.692. The Kier molecular flexibility index (Phi) is 8.72. The molecule has 188 valence electrons. The molecule has 0 spiro atoms. The first-order valence-electron chi connectivity index (χ1n) is 12.7. The molecule has 0 radical (unpaired) electrons. The number of hydrogen-bond acceptors (Lipinski definition) is 5. The summed E-state index contributed by atoms with van der Waals surface area (Å²) in [6, 6.07) is 7.23. The SMILES string of the molecule is CN1CCN(C(=O)CC2(COc3cccc(Cl)c3)CN(C(=O)CCC3CCCC3)CCO2)CC1. The second-order valence-electron chi connectivity index (χ2n) is 10.1. The molecule has 8 heteroatoms. The molecule has 2 saturated heterocycles. The van der Waals surface area contributed by atoms with Crippen LogP contribution < -0.4 is 4.74 Å². The summed E-state index contributed by atoms with van der Waals surface area (Å²) in [5.41, 5.74) is -0.871. The van der Waals surface area contributed by atoms with E-state index in [0.717, 1.165) is 19.5 Å². The number of carbonyl (C=O) groups is 2. The highest BCUT2D eigenvalue weighted by atomic mass is 35.5. The second kappa shape index (κ2) is 11.7. The van der Waals surface area contributed by atoms with Crippen LogP contribution in [-0.2, 0) is 14.3 Å². The van der Waals surface area contributed by atoms with Gasteiger partial charge in [-0.25, -0.2) is 0 Å². The molecule has 1 atom stereocenters. The molecule has 2 heterocycles. The minimum atomic E-state index is -0.871. The van der Waals surface area contributed by atoms with Gasteiger partial charge in [-0.15, -0.1) is 0 Å². The van der Waals surface area contributed by atoms with E-state index in [4.69, 9.17) is 21.1 Å². The number of piperazine rings is 1. The normalized spacial score (nSPS) is 24.4. The number of benzene rings is 1. The molecular formula is C26H38ClN3O4. The number of halogens is 1. The van der Waals surface area contributed by atoms with Crippen molar-refractivity contribution in [1.82, 2.24) is 14.7 Å². The van der Waals surface area contributed by atoms with Crippen molar-refractivity contribution in [2.75, 3.05) is 59.5 Å². The smallest absolute Gasteiger partial charge is 0.225 e. The maximum atomic E-state index is 13.3. The lowest BCUT2D eigenvalue weighted by Gasteiger charge is -2.43. The summed E-state index contributed by atoms with van der Waals surface area (Å²) >= 11 is 6.12. The monoisotopic (exact) mass is 491 g/mol. The van der Waals surface area contributed by atoms with Crippen molar-refractivity contribution in [3.05, 3.63) is 29.3 Å². The Bertz CT molecular complexity index is 839. The van der Waals surface area contributed by atoms with E-state index in [1.165, 1.54) is 25.7 Å². The molecule has 0 aromatic heterocycles. The van der Waals surface area contributed by atoms with Crippen LogP contribution in [0, 0.1) is 5.92 Å². The van der Waals surface area contributed by atoms with E-state index in [1.807, 2.05) is 21.9 Å². The second-order valence-corrected chi connectivity index (χ2v) is 10.6. The summed E-state index contributed by atoms with van der Waals surface area (Å²) in [6.45, 7) is 4.69. The van der Waals surface area contributed by atoms with Gasteiger partial charge in [-0.2, -0.15) is 0 Å². The summed E-state index contributed by atoms with van der Waals surface area (Å²) in [7, 11) is 2.07. The minimum Gasteiger partial charge on any atom is -0.490 e. The highest BCUT2D eigenvalue weighted by Crippen LogP contribution is 2.30. The Morgan fingerprint density at radius 1 is 1.09 bits per heavy atom. The number of ether oxygens (including phenoxy) is 2. The molecule has 1 saturated carbocycles. The molecular weight excluding hydrogens is 454 g/mol. The predicted molar refractivity (Wildman–Crippen MR) is 132 cm³/mol. The van der Waals surface area contributed by atoms with Crippen LogP contribution in [0.2, 0.25) is 5.02 Å². The Balaban J connectivity index is 1.43. The van der Waals surface area contributed by atoms with Crippen LogP contribution in [0.5, 0.6) is 5.75 Å². The third kappa shape index (κ3) is 6.86. The molecule has 3 aliphatic rings. The lowest BCUT2D eigenvalue weighted by Crippen LogP contribution is -2.59. The van der Waals surface area contributed by atoms with E-state index in [9.17, 15) is 9.59 Å². The average molecular weight is 492 g/mol. The molecule has 0 bridgehead atoms. The van der Waals surface area contributed by atoms with Crippen LogP contribution >= 0.6 is 11.6 Å². The van der Waals surface area contributed by atoms with Gasteiger partial charge in [0.25, 0.3) is 0 Å². The standard InChI is InChI=1S/C26H38ClN3O4/c1-28-11-13-29(14-12-28)25(32)18-26(20-33-23-8-4-7-22(27)17-23)19-30(15-16-34-26)24(31)10-9-21-5-2-3-6-21/h4,7-8,17,21H,2-3,5-6,9-16,18-20H2,1H3. The molecule has 7 nitrogen and oxygen atoms in total. The number of amides is 2. The Hall–Kier alpha value is -1.83. The van der Waals surface area contributed by atoms with Crippen molar-refractivity contribution in [1.29, 1.82) is 0 Å². The fourth-order valence-electron chi connectivity index (χ4n) is 5.30. The van der Waals surface area contributed by atoms with Gasteiger partial charge < -0.3 is 24.2 Å². The first-order chi connectivity index (χ1) is 16.4. The van der Waals surface area contributed by atoms with Crippen LogP contribution in [0.3, 0.4) is 0 Å². The first kappa shape index (κ1) is 25.3. The van der Waals surface area contributed by atoms with Crippen LogP contribution in [0.4, 0.5) is 0 Å². The third-order valence-corrected chi connectivity index (χ3v) is 7.70. The van der Waals surface area contributed by atoms with Crippen molar-refractivity contribution < 1.29 is 19.1 Å². The lowest BCUT2D eigenvalue weighted by molar-refractivity contribution is -0.166. The number of likely N-dealkylation sites (N-methyl/N-ethyl adjacent to an activating group) is 1. The highest BCUT2D eigenvalue weighted by molar-refractivity contribution is 6.30. The van der Waals surface area contributed by atoms with Gasteiger partial charge in [0.15, 0.2) is 0 Å². The highest BCUT2D eigenvalue weighted by Gasteiger charge is 2.42. The van der Waals surface area contributed by atoms with Gasteiger partial charge in [0.05, 0.1) is 19.6 Å². The molecule has 4 rings (SSSR count). The summed E-state index contributed by atoms with van der Waals surface area (Å²) in [6.07, 6.45) is 6.79. The molecule has 1 aromatic rings.